The van der Waals surface area contributed by atoms with Gasteiger partial charge in [0.15, 0.2) is 5.78 Å². The minimum Gasteiger partial charge on any atom is -0.382 e. The Kier molecular flexibility index (Phi) is 4.42. The highest BCUT2D eigenvalue weighted by Gasteiger charge is 2.38. The maximum absolute atomic E-state index is 12.6. The van der Waals surface area contributed by atoms with Crippen LogP contribution in [0.5, 0.6) is 0 Å². The third-order valence-corrected chi connectivity index (χ3v) is 4.24. The monoisotopic (exact) mass is 300 g/mol. The summed E-state index contributed by atoms with van der Waals surface area (Å²) in [4.78, 5) is 12.2. The fourth-order valence-electron chi connectivity index (χ4n) is 2.73. The number of rotatable bonds is 3. The summed E-state index contributed by atoms with van der Waals surface area (Å²) < 4.78 is 37.9. The number of ketones is 1. The second-order valence-electron chi connectivity index (χ2n) is 6.01. The lowest BCUT2D eigenvalue weighted by atomic mass is 9.76. The molecule has 0 radical (unpaired) electrons. The molecule has 1 N–H and O–H groups in total. The molecule has 1 aliphatic rings. The van der Waals surface area contributed by atoms with E-state index in [1.165, 1.54) is 12.1 Å². The van der Waals surface area contributed by atoms with E-state index in [2.05, 4.69) is 6.92 Å². The molecular formula is C16H19F3O2. The molecule has 0 atom stereocenters. The molecule has 0 bridgehead atoms. The molecule has 0 saturated heterocycles. The lowest BCUT2D eigenvalue weighted by Crippen LogP contribution is -2.42. The fourth-order valence-corrected chi connectivity index (χ4v) is 2.73. The average molecular weight is 300 g/mol. The van der Waals surface area contributed by atoms with Crippen LogP contribution in [0.3, 0.4) is 0 Å². The van der Waals surface area contributed by atoms with Gasteiger partial charge in [-0.2, -0.15) is 13.2 Å². The van der Waals surface area contributed by atoms with Gasteiger partial charge in [0.05, 0.1) is 5.56 Å². The zero-order valence-corrected chi connectivity index (χ0v) is 11.9. The Labute approximate surface area is 122 Å². The van der Waals surface area contributed by atoms with Gasteiger partial charge in [-0.05, 0) is 43.2 Å². The zero-order valence-electron chi connectivity index (χ0n) is 11.9. The molecule has 0 heterocycles. The van der Waals surface area contributed by atoms with Gasteiger partial charge in [-0.1, -0.05) is 25.1 Å². The Balaban J connectivity index is 2.09. The molecule has 1 aliphatic carbocycles. The molecule has 5 heteroatoms. The summed E-state index contributed by atoms with van der Waals surface area (Å²) in [6, 6.07) is 4.73. The van der Waals surface area contributed by atoms with Gasteiger partial charge in [0.1, 0.15) is 5.60 Å². The average Bonchev–Trinajstić information content (AvgIpc) is 2.41. The predicted molar refractivity (Wildman–Crippen MR) is 72.7 cm³/mol. The molecule has 0 unspecified atom stereocenters. The van der Waals surface area contributed by atoms with Crippen molar-refractivity contribution in [2.24, 2.45) is 5.92 Å². The van der Waals surface area contributed by atoms with Crippen molar-refractivity contribution in [3.63, 3.8) is 0 Å². The van der Waals surface area contributed by atoms with Gasteiger partial charge in [0.25, 0.3) is 0 Å². The van der Waals surface area contributed by atoms with Crippen LogP contribution < -0.4 is 0 Å². The standard InChI is InChI=1S/C16H19F3O2/c1-11-5-7-15(21,8-6-11)14(20)10-12-3-2-4-13(9-12)16(17,18)19/h2-4,9,11,21H,5-8,10H2,1H3. The first-order valence-corrected chi connectivity index (χ1v) is 7.12. The van der Waals surface area contributed by atoms with Crippen molar-refractivity contribution in [3.8, 4) is 0 Å². The summed E-state index contributed by atoms with van der Waals surface area (Å²) in [5.74, 6) is 0.0976. The lowest BCUT2D eigenvalue weighted by Gasteiger charge is -2.33. The van der Waals surface area contributed by atoms with E-state index < -0.39 is 17.3 Å². The summed E-state index contributed by atoms with van der Waals surface area (Å²) in [6.45, 7) is 2.07. The first kappa shape index (κ1) is 16.0. The largest absolute Gasteiger partial charge is 0.416 e. The number of carbonyl (C=O) groups is 1. The first-order chi connectivity index (χ1) is 9.71. The minimum absolute atomic E-state index is 0.158. The van der Waals surface area contributed by atoms with Crippen LogP contribution in [-0.4, -0.2) is 16.5 Å². The maximum Gasteiger partial charge on any atom is 0.416 e. The number of hydrogen-bond acceptors (Lipinski definition) is 2. The molecule has 2 rings (SSSR count). The summed E-state index contributed by atoms with van der Waals surface area (Å²) >= 11 is 0. The molecule has 0 aliphatic heterocycles. The molecular weight excluding hydrogens is 281 g/mol. The van der Waals surface area contributed by atoms with Gasteiger partial charge in [0, 0.05) is 6.42 Å². The van der Waals surface area contributed by atoms with Crippen LogP contribution >= 0.6 is 0 Å². The van der Waals surface area contributed by atoms with Crippen LogP contribution in [0.1, 0.15) is 43.7 Å². The number of hydrogen-bond donors (Lipinski definition) is 1. The van der Waals surface area contributed by atoms with E-state index in [-0.39, 0.29) is 12.2 Å². The third kappa shape index (κ3) is 3.84. The molecule has 1 saturated carbocycles. The van der Waals surface area contributed by atoms with E-state index >= 15 is 0 Å². The normalized spacial score (nSPS) is 26.6. The number of alkyl halides is 3. The molecule has 2 nitrogen and oxygen atoms in total. The van der Waals surface area contributed by atoms with Gasteiger partial charge < -0.3 is 5.11 Å². The van der Waals surface area contributed by atoms with Crippen molar-refractivity contribution >= 4 is 5.78 Å². The van der Waals surface area contributed by atoms with Crippen LogP contribution in [0, 0.1) is 5.92 Å². The third-order valence-electron chi connectivity index (χ3n) is 4.24. The van der Waals surface area contributed by atoms with Crippen LogP contribution in [0.2, 0.25) is 0 Å². The van der Waals surface area contributed by atoms with E-state index in [1.807, 2.05) is 0 Å². The summed E-state index contributed by atoms with van der Waals surface area (Å²) in [5, 5.41) is 10.4. The van der Waals surface area contributed by atoms with Crippen LogP contribution in [0.25, 0.3) is 0 Å². The molecule has 1 aromatic carbocycles. The Morgan fingerprint density at radius 3 is 2.52 bits per heavy atom. The lowest BCUT2D eigenvalue weighted by molar-refractivity contribution is -0.141. The maximum atomic E-state index is 12.6. The highest BCUT2D eigenvalue weighted by molar-refractivity contribution is 5.89. The van der Waals surface area contributed by atoms with E-state index in [0.717, 1.165) is 25.0 Å². The van der Waals surface area contributed by atoms with Crippen molar-refractivity contribution in [2.45, 2.75) is 50.8 Å². The first-order valence-electron chi connectivity index (χ1n) is 7.12. The molecule has 1 fully saturated rings. The Morgan fingerprint density at radius 1 is 1.33 bits per heavy atom. The summed E-state index contributed by atoms with van der Waals surface area (Å²) in [5.41, 5.74) is -1.85. The minimum atomic E-state index is -4.42. The number of halogens is 3. The Bertz CT molecular complexity index is 514. The number of aliphatic hydroxyl groups is 1. The van der Waals surface area contributed by atoms with E-state index in [4.69, 9.17) is 0 Å². The SMILES string of the molecule is CC1CCC(O)(C(=O)Cc2cccc(C(F)(F)F)c2)CC1. The molecule has 116 valence electrons. The summed E-state index contributed by atoms with van der Waals surface area (Å²) in [6.07, 6.45) is -2.25. The van der Waals surface area contributed by atoms with Crippen molar-refractivity contribution in [2.75, 3.05) is 0 Å². The van der Waals surface area contributed by atoms with Crippen molar-refractivity contribution < 1.29 is 23.1 Å². The van der Waals surface area contributed by atoms with Crippen LogP contribution in [-0.2, 0) is 17.4 Å². The molecule has 0 aromatic heterocycles. The van der Waals surface area contributed by atoms with Gasteiger partial charge in [-0.25, -0.2) is 0 Å². The topological polar surface area (TPSA) is 37.3 Å². The van der Waals surface area contributed by atoms with Gasteiger partial charge in [-0.3, -0.25) is 4.79 Å². The second kappa shape index (κ2) is 5.79. The summed E-state index contributed by atoms with van der Waals surface area (Å²) in [7, 11) is 0. The Hall–Kier alpha value is -1.36. The van der Waals surface area contributed by atoms with Crippen molar-refractivity contribution in [3.05, 3.63) is 35.4 Å². The molecule has 21 heavy (non-hydrogen) atoms. The number of Topliss-reactive ketones (excluding diaryl/α,β-unsaturated/α-hetero) is 1. The molecule has 1 aromatic rings. The smallest absolute Gasteiger partial charge is 0.382 e. The van der Waals surface area contributed by atoms with E-state index in [0.29, 0.717) is 24.3 Å². The fraction of sp³-hybridized carbons (Fsp3) is 0.562. The predicted octanol–water partition coefficient (Wildman–Crippen LogP) is 3.76. The quantitative estimate of drug-likeness (QED) is 0.923. The molecule has 0 spiro atoms. The number of benzene rings is 1. The van der Waals surface area contributed by atoms with E-state index in [9.17, 15) is 23.1 Å². The van der Waals surface area contributed by atoms with Gasteiger partial charge >= 0.3 is 6.18 Å². The highest BCUT2D eigenvalue weighted by Crippen LogP contribution is 2.34. The Morgan fingerprint density at radius 2 is 1.95 bits per heavy atom. The highest BCUT2D eigenvalue weighted by atomic mass is 19.4. The van der Waals surface area contributed by atoms with Crippen molar-refractivity contribution in [1.29, 1.82) is 0 Å². The van der Waals surface area contributed by atoms with Crippen LogP contribution in [0.4, 0.5) is 13.2 Å². The van der Waals surface area contributed by atoms with Gasteiger partial charge in [-0.15, -0.1) is 0 Å². The van der Waals surface area contributed by atoms with Gasteiger partial charge in [0.2, 0.25) is 0 Å². The van der Waals surface area contributed by atoms with Crippen molar-refractivity contribution in [1.82, 2.24) is 0 Å². The second-order valence-corrected chi connectivity index (χ2v) is 6.01. The molecule has 0 amide bonds. The van der Waals surface area contributed by atoms with Crippen LogP contribution in [0.15, 0.2) is 24.3 Å². The number of carbonyl (C=O) groups excluding carboxylic acids is 1. The van der Waals surface area contributed by atoms with E-state index in [1.54, 1.807) is 0 Å². The zero-order chi connectivity index (χ0) is 15.7.